The summed E-state index contributed by atoms with van der Waals surface area (Å²) < 4.78 is 43.3. The van der Waals surface area contributed by atoms with Crippen LogP contribution >= 0.6 is 0 Å². The van der Waals surface area contributed by atoms with Gasteiger partial charge in [0.15, 0.2) is 11.5 Å². The Labute approximate surface area is 163 Å². The van der Waals surface area contributed by atoms with Crippen molar-refractivity contribution >= 4 is 10.0 Å². The molecule has 0 unspecified atom stereocenters. The van der Waals surface area contributed by atoms with E-state index in [1.807, 2.05) is 13.0 Å². The van der Waals surface area contributed by atoms with Crippen molar-refractivity contribution < 1.29 is 22.4 Å². The molecular formula is C19H21N3O5S. The number of hydrogen-bond acceptors (Lipinski definition) is 7. The molecule has 148 valence electrons. The van der Waals surface area contributed by atoms with Gasteiger partial charge in [-0.3, -0.25) is 0 Å². The molecule has 0 aliphatic heterocycles. The third-order valence-electron chi connectivity index (χ3n) is 4.16. The molecule has 0 radical (unpaired) electrons. The molecule has 2 aromatic carbocycles. The topological polar surface area (TPSA) is 104 Å². The third-order valence-corrected chi connectivity index (χ3v) is 5.70. The first kappa shape index (κ1) is 19.8. The SMILES string of the molecule is COc1ccc(-c2noc(CNS(=O)(=O)c3cc(C)ccc3C)n2)cc1OC. The lowest BCUT2D eigenvalue weighted by atomic mass is 10.2. The van der Waals surface area contributed by atoms with Gasteiger partial charge in [0.25, 0.3) is 0 Å². The third kappa shape index (κ3) is 4.15. The molecule has 8 nitrogen and oxygen atoms in total. The first-order chi connectivity index (χ1) is 13.3. The molecule has 0 saturated heterocycles. The van der Waals surface area contributed by atoms with Crippen LogP contribution in [0.2, 0.25) is 0 Å². The van der Waals surface area contributed by atoms with Crippen LogP contribution in [0.5, 0.6) is 11.5 Å². The molecule has 0 saturated carbocycles. The van der Waals surface area contributed by atoms with E-state index in [2.05, 4.69) is 14.9 Å². The molecule has 0 atom stereocenters. The molecule has 3 aromatic rings. The van der Waals surface area contributed by atoms with Gasteiger partial charge in [-0.2, -0.15) is 4.98 Å². The summed E-state index contributed by atoms with van der Waals surface area (Å²) in [6, 6.07) is 10.5. The van der Waals surface area contributed by atoms with E-state index in [4.69, 9.17) is 14.0 Å². The fourth-order valence-electron chi connectivity index (χ4n) is 2.65. The smallest absolute Gasteiger partial charge is 0.242 e. The second-order valence-electron chi connectivity index (χ2n) is 6.17. The minimum Gasteiger partial charge on any atom is -0.493 e. The van der Waals surface area contributed by atoms with E-state index in [1.165, 1.54) is 7.11 Å². The normalized spacial score (nSPS) is 11.4. The molecule has 3 rings (SSSR count). The molecule has 1 N–H and O–H groups in total. The van der Waals surface area contributed by atoms with E-state index in [1.54, 1.807) is 44.4 Å². The average Bonchev–Trinajstić information content (AvgIpc) is 3.17. The zero-order valence-electron chi connectivity index (χ0n) is 16.0. The number of hydrogen-bond donors (Lipinski definition) is 1. The predicted molar refractivity (Wildman–Crippen MR) is 103 cm³/mol. The standard InChI is InChI=1S/C19H21N3O5S/c1-12-5-6-13(2)17(9-12)28(23,24)20-11-18-21-19(22-27-18)14-7-8-15(25-3)16(10-14)26-4/h5-10,20H,11H2,1-4H3. The van der Waals surface area contributed by atoms with Gasteiger partial charge in [-0.05, 0) is 49.2 Å². The number of methoxy groups -OCH3 is 2. The van der Waals surface area contributed by atoms with Gasteiger partial charge in [0.1, 0.15) is 0 Å². The van der Waals surface area contributed by atoms with Crippen molar-refractivity contribution in [3.8, 4) is 22.9 Å². The van der Waals surface area contributed by atoms with Crippen LogP contribution in [0, 0.1) is 13.8 Å². The van der Waals surface area contributed by atoms with Gasteiger partial charge in [0.05, 0.1) is 25.7 Å². The van der Waals surface area contributed by atoms with Crippen molar-refractivity contribution in [1.29, 1.82) is 0 Å². The molecular weight excluding hydrogens is 382 g/mol. The summed E-state index contributed by atoms with van der Waals surface area (Å²) in [4.78, 5) is 4.48. The fraction of sp³-hybridized carbons (Fsp3) is 0.263. The van der Waals surface area contributed by atoms with Gasteiger partial charge in [0, 0.05) is 5.56 Å². The lowest BCUT2D eigenvalue weighted by Gasteiger charge is -2.08. The van der Waals surface area contributed by atoms with Crippen molar-refractivity contribution in [3.05, 3.63) is 53.4 Å². The highest BCUT2D eigenvalue weighted by Crippen LogP contribution is 2.31. The van der Waals surface area contributed by atoms with Crippen LogP contribution in [0.25, 0.3) is 11.4 Å². The van der Waals surface area contributed by atoms with Crippen molar-refractivity contribution in [2.24, 2.45) is 0 Å². The first-order valence-electron chi connectivity index (χ1n) is 8.46. The van der Waals surface area contributed by atoms with Crippen LogP contribution in [-0.2, 0) is 16.6 Å². The molecule has 0 amide bonds. The molecule has 0 aliphatic carbocycles. The Morgan fingerprint density at radius 2 is 1.79 bits per heavy atom. The van der Waals surface area contributed by atoms with Crippen LogP contribution in [0.1, 0.15) is 17.0 Å². The molecule has 9 heteroatoms. The highest BCUT2D eigenvalue weighted by atomic mass is 32.2. The summed E-state index contributed by atoms with van der Waals surface area (Å²) in [5.41, 5.74) is 2.18. The average molecular weight is 403 g/mol. The number of nitrogens with one attached hydrogen (secondary N) is 1. The van der Waals surface area contributed by atoms with Gasteiger partial charge in [-0.25, -0.2) is 13.1 Å². The summed E-state index contributed by atoms with van der Waals surface area (Å²) in [7, 11) is -0.620. The number of rotatable bonds is 7. The summed E-state index contributed by atoms with van der Waals surface area (Å²) in [6.07, 6.45) is 0. The van der Waals surface area contributed by atoms with Crippen LogP contribution in [0.3, 0.4) is 0 Å². The Morgan fingerprint density at radius 3 is 2.50 bits per heavy atom. The van der Waals surface area contributed by atoms with Crippen molar-refractivity contribution in [2.45, 2.75) is 25.3 Å². The van der Waals surface area contributed by atoms with E-state index < -0.39 is 10.0 Å². The number of nitrogens with zero attached hydrogens (tertiary/aromatic N) is 2. The Bertz CT molecular complexity index is 1090. The van der Waals surface area contributed by atoms with Gasteiger partial charge < -0.3 is 14.0 Å². The maximum absolute atomic E-state index is 12.6. The minimum absolute atomic E-state index is 0.115. The van der Waals surface area contributed by atoms with Crippen LogP contribution in [-0.4, -0.2) is 32.8 Å². The molecule has 1 heterocycles. The molecule has 0 bridgehead atoms. The zero-order chi connectivity index (χ0) is 20.3. The van der Waals surface area contributed by atoms with Crippen LogP contribution in [0.15, 0.2) is 45.8 Å². The van der Waals surface area contributed by atoms with Crippen LogP contribution < -0.4 is 14.2 Å². The molecule has 1 aromatic heterocycles. The maximum atomic E-state index is 12.6. The number of aryl methyl sites for hydroxylation is 2. The number of sulfonamides is 1. The summed E-state index contributed by atoms with van der Waals surface area (Å²) >= 11 is 0. The monoisotopic (exact) mass is 403 g/mol. The number of benzene rings is 2. The zero-order valence-corrected chi connectivity index (χ0v) is 16.8. The fourth-order valence-corrected chi connectivity index (χ4v) is 3.95. The minimum atomic E-state index is -3.70. The highest BCUT2D eigenvalue weighted by molar-refractivity contribution is 7.89. The van der Waals surface area contributed by atoms with Crippen molar-refractivity contribution in [2.75, 3.05) is 14.2 Å². The molecule has 0 aliphatic rings. The van der Waals surface area contributed by atoms with E-state index in [-0.39, 0.29) is 17.3 Å². The van der Waals surface area contributed by atoms with Gasteiger partial charge in [0.2, 0.25) is 21.7 Å². The van der Waals surface area contributed by atoms with E-state index in [0.29, 0.717) is 28.5 Å². The largest absolute Gasteiger partial charge is 0.493 e. The van der Waals surface area contributed by atoms with Gasteiger partial charge in [-0.15, -0.1) is 0 Å². The number of ether oxygens (including phenoxy) is 2. The Morgan fingerprint density at radius 1 is 1.04 bits per heavy atom. The van der Waals surface area contributed by atoms with Crippen molar-refractivity contribution in [1.82, 2.24) is 14.9 Å². The summed E-state index contributed by atoms with van der Waals surface area (Å²) in [5.74, 6) is 1.58. The van der Waals surface area contributed by atoms with Crippen molar-refractivity contribution in [3.63, 3.8) is 0 Å². The van der Waals surface area contributed by atoms with Crippen LogP contribution in [0.4, 0.5) is 0 Å². The Hall–Kier alpha value is -2.91. The lowest BCUT2D eigenvalue weighted by molar-refractivity contribution is 0.355. The molecule has 28 heavy (non-hydrogen) atoms. The quantitative estimate of drug-likeness (QED) is 0.647. The van der Waals surface area contributed by atoms with Gasteiger partial charge in [-0.1, -0.05) is 17.3 Å². The Kier molecular flexibility index (Phi) is 5.66. The lowest BCUT2D eigenvalue weighted by Crippen LogP contribution is -2.24. The van der Waals surface area contributed by atoms with E-state index in [9.17, 15) is 8.42 Å². The first-order valence-corrected chi connectivity index (χ1v) is 9.94. The predicted octanol–water partition coefficient (Wildman–Crippen LogP) is 2.85. The van der Waals surface area contributed by atoms with Gasteiger partial charge >= 0.3 is 0 Å². The molecule has 0 fully saturated rings. The van der Waals surface area contributed by atoms with E-state index in [0.717, 1.165) is 5.56 Å². The highest BCUT2D eigenvalue weighted by Gasteiger charge is 2.19. The Balaban J connectivity index is 1.77. The number of aromatic nitrogens is 2. The van der Waals surface area contributed by atoms with E-state index >= 15 is 0 Å². The molecule has 0 spiro atoms. The maximum Gasteiger partial charge on any atom is 0.242 e. The second kappa shape index (κ2) is 7.99. The second-order valence-corrected chi connectivity index (χ2v) is 7.91. The summed E-state index contributed by atoms with van der Waals surface area (Å²) in [5, 5.41) is 3.91. The summed E-state index contributed by atoms with van der Waals surface area (Å²) in [6.45, 7) is 3.47.